The van der Waals surface area contributed by atoms with Crippen molar-refractivity contribution < 1.29 is 9.13 Å². The second-order valence-corrected chi connectivity index (χ2v) is 5.06. The molecule has 0 aliphatic carbocycles. The Bertz CT molecular complexity index is 617. The van der Waals surface area contributed by atoms with E-state index in [1.165, 1.54) is 12.1 Å². The summed E-state index contributed by atoms with van der Waals surface area (Å²) in [7, 11) is 0. The molecule has 2 nitrogen and oxygen atoms in total. The van der Waals surface area contributed by atoms with Crippen molar-refractivity contribution in [2.24, 2.45) is 5.73 Å². The van der Waals surface area contributed by atoms with Gasteiger partial charge < -0.3 is 10.5 Å². The normalized spacial score (nSPS) is 21.6. The van der Waals surface area contributed by atoms with Crippen molar-refractivity contribution in [3.05, 3.63) is 64.4 Å². The first-order valence-electron chi connectivity index (χ1n) is 6.11. The number of halogens is 2. The molecule has 1 aliphatic heterocycles. The Morgan fingerprint density at radius 2 is 1.95 bits per heavy atom. The molecule has 0 saturated heterocycles. The van der Waals surface area contributed by atoms with Gasteiger partial charge >= 0.3 is 0 Å². The lowest BCUT2D eigenvalue weighted by Crippen LogP contribution is -2.24. The number of ether oxygens (including phenoxy) is 1. The van der Waals surface area contributed by atoms with Crippen molar-refractivity contribution in [1.29, 1.82) is 0 Å². The summed E-state index contributed by atoms with van der Waals surface area (Å²) in [6.45, 7) is 0. The smallest absolute Gasteiger partial charge is 0.127 e. The van der Waals surface area contributed by atoms with Gasteiger partial charge in [-0.15, -0.1) is 0 Å². The summed E-state index contributed by atoms with van der Waals surface area (Å²) in [5.41, 5.74) is 7.85. The highest BCUT2D eigenvalue weighted by molar-refractivity contribution is 6.31. The highest BCUT2D eigenvalue weighted by Gasteiger charge is 2.28. The third-order valence-corrected chi connectivity index (χ3v) is 3.71. The average Bonchev–Trinajstić information content (AvgIpc) is 2.38. The minimum Gasteiger partial charge on any atom is -0.485 e. The maximum absolute atomic E-state index is 13.3. The van der Waals surface area contributed by atoms with Crippen LogP contribution >= 0.6 is 11.6 Å². The zero-order valence-corrected chi connectivity index (χ0v) is 10.9. The second kappa shape index (κ2) is 4.83. The maximum Gasteiger partial charge on any atom is 0.127 e. The van der Waals surface area contributed by atoms with Gasteiger partial charge in [-0.05, 0) is 12.1 Å². The van der Waals surface area contributed by atoms with E-state index >= 15 is 0 Å². The third-order valence-electron chi connectivity index (χ3n) is 3.36. The first-order chi connectivity index (χ1) is 9.15. The third kappa shape index (κ3) is 2.31. The lowest BCUT2D eigenvalue weighted by Gasteiger charge is -2.31. The lowest BCUT2D eigenvalue weighted by molar-refractivity contribution is 0.161. The van der Waals surface area contributed by atoms with Crippen LogP contribution < -0.4 is 10.5 Å². The molecule has 2 aromatic carbocycles. The van der Waals surface area contributed by atoms with Gasteiger partial charge in [-0.25, -0.2) is 4.39 Å². The number of benzene rings is 2. The minimum atomic E-state index is -0.328. The van der Waals surface area contributed by atoms with Crippen molar-refractivity contribution in [2.45, 2.75) is 18.6 Å². The Kier molecular flexibility index (Phi) is 3.17. The van der Waals surface area contributed by atoms with E-state index in [1.54, 1.807) is 6.07 Å². The monoisotopic (exact) mass is 277 g/mol. The number of rotatable bonds is 1. The topological polar surface area (TPSA) is 35.2 Å². The molecule has 4 heteroatoms. The Balaban J connectivity index is 1.99. The van der Waals surface area contributed by atoms with Crippen LogP contribution in [0.1, 0.15) is 29.7 Å². The summed E-state index contributed by atoms with van der Waals surface area (Å²) < 4.78 is 19.1. The van der Waals surface area contributed by atoms with Crippen molar-refractivity contribution in [3.8, 4) is 5.75 Å². The summed E-state index contributed by atoms with van der Waals surface area (Å²) in [5, 5.41) is 0.638. The molecule has 0 bridgehead atoms. The molecule has 98 valence electrons. The van der Waals surface area contributed by atoms with E-state index in [9.17, 15) is 4.39 Å². The molecule has 0 amide bonds. The van der Waals surface area contributed by atoms with Gasteiger partial charge in [0.25, 0.3) is 0 Å². The van der Waals surface area contributed by atoms with Crippen LogP contribution in [0.2, 0.25) is 5.02 Å². The molecular formula is C15H13ClFNO. The minimum absolute atomic E-state index is 0.175. The SMILES string of the molecule is NC1CC(c2ccccc2Cl)Oc2cc(F)ccc21. The first kappa shape index (κ1) is 12.5. The van der Waals surface area contributed by atoms with Crippen LogP contribution in [0.5, 0.6) is 5.75 Å². The van der Waals surface area contributed by atoms with Crippen LogP contribution in [-0.2, 0) is 0 Å². The number of hydrogen-bond acceptors (Lipinski definition) is 2. The fraction of sp³-hybridized carbons (Fsp3) is 0.200. The Morgan fingerprint density at radius 1 is 1.16 bits per heavy atom. The summed E-state index contributed by atoms with van der Waals surface area (Å²) in [6.07, 6.45) is 0.389. The Hall–Kier alpha value is -1.58. The summed E-state index contributed by atoms with van der Waals surface area (Å²) >= 11 is 6.17. The first-order valence-corrected chi connectivity index (χ1v) is 6.49. The number of nitrogens with two attached hydrogens (primary N) is 1. The zero-order chi connectivity index (χ0) is 13.4. The van der Waals surface area contributed by atoms with Gasteiger partial charge in [0, 0.05) is 34.7 Å². The maximum atomic E-state index is 13.3. The van der Waals surface area contributed by atoms with E-state index in [-0.39, 0.29) is 18.0 Å². The van der Waals surface area contributed by atoms with E-state index in [0.717, 1.165) is 11.1 Å². The van der Waals surface area contributed by atoms with Crippen molar-refractivity contribution in [1.82, 2.24) is 0 Å². The molecule has 2 N–H and O–H groups in total. The van der Waals surface area contributed by atoms with E-state index < -0.39 is 0 Å². The molecule has 0 aromatic heterocycles. The molecule has 0 saturated carbocycles. The Labute approximate surface area is 115 Å². The molecule has 0 spiro atoms. The van der Waals surface area contributed by atoms with E-state index in [4.69, 9.17) is 22.1 Å². The molecule has 1 aliphatic rings. The van der Waals surface area contributed by atoms with Gasteiger partial charge in [0.15, 0.2) is 0 Å². The van der Waals surface area contributed by atoms with Gasteiger partial charge in [-0.2, -0.15) is 0 Å². The zero-order valence-electron chi connectivity index (χ0n) is 10.1. The number of hydrogen-bond donors (Lipinski definition) is 1. The molecule has 2 atom stereocenters. The molecule has 2 aromatic rings. The van der Waals surface area contributed by atoms with Crippen LogP contribution in [0.25, 0.3) is 0 Å². The molecule has 19 heavy (non-hydrogen) atoms. The highest BCUT2D eigenvalue weighted by Crippen LogP contribution is 2.41. The van der Waals surface area contributed by atoms with Gasteiger partial charge in [0.1, 0.15) is 17.7 Å². The summed E-state index contributed by atoms with van der Waals surface area (Å²) in [6, 6.07) is 11.8. The fourth-order valence-electron chi connectivity index (χ4n) is 2.40. The standard InChI is InChI=1S/C15H13ClFNO/c16-12-4-2-1-3-10(12)15-8-13(18)11-6-5-9(17)7-14(11)19-15/h1-7,13,15H,8,18H2. The number of fused-ring (bicyclic) bond motifs is 1. The van der Waals surface area contributed by atoms with Crippen LogP contribution in [0.3, 0.4) is 0 Å². The molecule has 3 rings (SSSR count). The van der Waals surface area contributed by atoms with Gasteiger partial charge in [0.05, 0.1) is 0 Å². The average molecular weight is 278 g/mol. The summed E-state index contributed by atoms with van der Waals surface area (Å²) in [5.74, 6) is 0.175. The van der Waals surface area contributed by atoms with Crippen molar-refractivity contribution in [3.63, 3.8) is 0 Å². The fourth-order valence-corrected chi connectivity index (χ4v) is 2.66. The van der Waals surface area contributed by atoms with Crippen LogP contribution in [-0.4, -0.2) is 0 Å². The lowest BCUT2D eigenvalue weighted by atomic mass is 9.93. The largest absolute Gasteiger partial charge is 0.485 e. The van der Waals surface area contributed by atoms with Gasteiger partial charge in [0.2, 0.25) is 0 Å². The second-order valence-electron chi connectivity index (χ2n) is 4.65. The van der Waals surface area contributed by atoms with Crippen LogP contribution in [0.15, 0.2) is 42.5 Å². The molecular weight excluding hydrogens is 265 g/mol. The van der Waals surface area contributed by atoms with Gasteiger partial charge in [-0.1, -0.05) is 35.9 Å². The predicted molar refractivity (Wildman–Crippen MR) is 72.8 cm³/mol. The van der Waals surface area contributed by atoms with Crippen LogP contribution in [0.4, 0.5) is 4.39 Å². The van der Waals surface area contributed by atoms with E-state index in [1.807, 2.05) is 24.3 Å². The molecule has 2 unspecified atom stereocenters. The summed E-state index contributed by atoms with van der Waals surface area (Å²) in [4.78, 5) is 0. The van der Waals surface area contributed by atoms with E-state index in [0.29, 0.717) is 17.2 Å². The highest BCUT2D eigenvalue weighted by atomic mass is 35.5. The van der Waals surface area contributed by atoms with E-state index in [2.05, 4.69) is 0 Å². The quantitative estimate of drug-likeness (QED) is 0.855. The molecule has 0 radical (unpaired) electrons. The van der Waals surface area contributed by atoms with Crippen LogP contribution in [0, 0.1) is 5.82 Å². The van der Waals surface area contributed by atoms with Crippen molar-refractivity contribution in [2.75, 3.05) is 0 Å². The molecule has 1 heterocycles. The van der Waals surface area contributed by atoms with Gasteiger partial charge in [-0.3, -0.25) is 0 Å². The van der Waals surface area contributed by atoms with Crippen molar-refractivity contribution >= 4 is 11.6 Å². The molecule has 0 fully saturated rings. The Morgan fingerprint density at radius 3 is 2.74 bits per heavy atom. The predicted octanol–water partition coefficient (Wildman–Crippen LogP) is 4.00.